The Balaban J connectivity index is 1.93. The minimum atomic E-state index is 0.0683. The summed E-state index contributed by atoms with van der Waals surface area (Å²) in [5, 5.41) is 0.958. The Morgan fingerprint density at radius 1 is 1.33 bits per heavy atom. The predicted octanol–water partition coefficient (Wildman–Crippen LogP) is 1.42. The second-order valence-electron chi connectivity index (χ2n) is 5.56. The molecule has 1 aliphatic rings. The highest BCUT2D eigenvalue weighted by Gasteiger charge is 2.22. The van der Waals surface area contributed by atoms with Crippen LogP contribution in [0.5, 0.6) is 0 Å². The van der Waals surface area contributed by atoms with Gasteiger partial charge in [-0.3, -0.25) is 4.79 Å². The zero-order chi connectivity index (χ0) is 15.2. The Kier molecular flexibility index (Phi) is 5.93. The first-order valence-electron chi connectivity index (χ1n) is 7.47. The topological polar surface area (TPSA) is 58.6 Å². The molecule has 0 spiro atoms. The lowest BCUT2D eigenvalue weighted by atomic mass is 10.2. The number of hydrogen-bond acceptors (Lipinski definition) is 6. The maximum absolute atomic E-state index is 12.1. The van der Waals surface area contributed by atoms with E-state index < -0.39 is 0 Å². The smallest absolute Gasteiger partial charge is 0.225 e. The van der Waals surface area contributed by atoms with Gasteiger partial charge in [-0.25, -0.2) is 4.98 Å². The van der Waals surface area contributed by atoms with Crippen molar-refractivity contribution in [2.45, 2.75) is 26.7 Å². The molecular weight excluding hydrogens is 288 g/mol. The summed E-state index contributed by atoms with van der Waals surface area (Å²) in [5.74, 6) is 1.16. The number of amides is 1. The van der Waals surface area contributed by atoms with E-state index in [0.717, 1.165) is 50.0 Å². The Morgan fingerprint density at radius 3 is 2.86 bits per heavy atom. The molecule has 0 unspecified atom stereocenters. The van der Waals surface area contributed by atoms with Crippen LogP contribution >= 0.6 is 11.5 Å². The number of rotatable bonds is 5. The second-order valence-corrected chi connectivity index (χ2v) is 6.29. The summed E-state index contributed by atoms with van der Waals surface area (Å²) in [6.07, 6.45) is 1.73. The van der Waals surface area contributed by atoms with Crippen molar-refractivity contribution in [1.29, 1.82) is 0 Å². The highest BCUT2D eigenvalue weighted by molar-refractivity contribution is 7.09. The quantitative estimate of drug-likeness (QED) is 0.823. The van der Waals surface area contributed by atoms with Crippen molar-refractivity contribution in [3.05, 3.63) is 5.82 Å². The largest absolute Gasteiger partial charge is 0.384 e. The minimum Gasteiger partial charge on any atom is -0.384 e. The normalized spacial score (nSPS) is 16.4. The SMILES string of the molecule is COCCc1nsc(N2CCCN(C(=O)C(C)C)CC2)n1. The molecule has 1 amide bonds. The van der Waals surface area contributed by atoms with Crippen molar-refractivity contribution in [3.8, 4) is 0 Å². The molecule has 1 fully saturated rings. The molecule has 7 heteroatoms. The number of anilines is 1. The molecule has 1 aromatic heterocycles. The zero-order valence-corrected chi connectivity index (χ0v) is 13.9. The van der Waals surface area contributed by atoms with Crippen LogP contribution < -0.4 is 4.90 Å². The van der Waals surface area contributed by atoms with Crippen molar-refractivity contribution in [1.82, 2.24) is 14.3 Å². The van der Waals surface area contributed by atoms with E-state index in [0.29, 0.717) is 6.61 Å². The zero-order valence-electron chi connectivity index (χ0n) is 13.0. The molecule has 0 atom stereocenters. The molecule has 0 aromatic carbocycles. The van der Waals surface area contributed by atoms with Crippen LogP contribution in [0.1, 0.15) is 26.1 Å². The maximum Gasteiger partial charge on any atom is 0.225 e. The van der Waals surface area contributed by atoms with Gasteiger partial charge in [0.2, 0.25) is 11.0 Å². The lowest BCUT2D eigenvalue weighted by Gasteiger charge is -2.23. The van der Waals surface area contributed by atoms with E-state index in [1.54, 1.807) is 7.11 Å². The molecule has 6 nitrogen and oxygen atoms in total. The number of methoxy groups -OCH3 is 1. The molecule has 0 radical (unpaired) electrons. The fourth-order valence-corrected chi connectivity index (χ4v) is 3.13. The molecule has 118 valence electrons. The van der Waals surface area contributed by atoms with Crippen LogP contribution in [0.25, 0.3) is 0 Å². The number of ether oxygens (including phenoxy) is 1. The summed E-state index contributed by atoms with van der Waals surface area (Å²) in [4.78, 5) is 20.9. The number of carbonyl (C=O) groups is 1. The van der Waals surface area contributed by atoms with Gasteiger partial charge >= 0.3 is 0 Å². The average Bonchev–Trinajstić information content (AvgIpc) is 2.80. The van der Waals surface area contributed by atoms with E-state index in [9.17, 15) is 4.79 Å². The standard InChI is InChI=1S/C14H24N4O2S/c1-11(2)13(19)17-6-4-7-18(9-8-17)14-15-12(16-21-14)5-10-20-3/h11H,4-10H2,1-3H3. The Labute approximate surface area is 130 Å². The van der Waals surface area contributed by atoms with Gasteiger partial charge in [0, 0.05) is 57.2 Å². The van der Waals surface area contributed by atoms with Crippen LogP contribution in [-0.2, 0) is 16.0 Å². The van der Waals surface area contributed by atoms with Gasteiger partial charge in [0.05, 0.1) is 6.61 Å². The van der Waals surface area contributed by atoms with Gasteiger partial charge in [0.1, 0.15) is 5.82 Å². The van der Waals surface area contributed by atoms with Crippen LogP contribution in [-0.4, -0.2) is 60.1 Å². The molecule has 0 aliphatic carbocycles. The van der Waals surface area contributed by atoms with Gasteiger partial charge in [-0.1, -0.05) is 13.8 Å². The van der Waals surface area contributed by atoms with Crippen molar-refractivity contribution < 1.29 is 9.53 Å². The molecule has 2 heterocycles. The Bertz CT molecular complexity index is 464. The Hall–Kier alpha value is -1.21. The second kappa shape index (κ2) is 7.70. The molecule has 0 N–H and O–H groups in total. The van der Waals surface area contributed by atoms with Crippen molar-refractivity contribution in [2.24, 2.45) is 5.92 Å². The number of hydrogen-bond donors (Lipinski definition) is 0. The first-order chi connectivity index (χ1) is 10.1. The molecule has 0 bridgehead atoms. The fraction of sp³-hybridized carbons (Fsp3) is 0.786. The lowest BCUT2D eigenvalue weighted by molar-refractivity contribution is -0.134. The van der Waals surface area contributed by atoms with Crippen molar-refractivity contribution in [3.63, 3.8) is 0 Å². The monoisotopic (exact) mass is 312 g/mol. The minimum absolute atomic E-state index is 0.0683. The number of nitrogens with zero attached hydrogens (tertiary/aromatic N) is 4. The van der Waals surface area contributed by atoms with Crippen LogP contribution in [0, 0.1) is 5.92 Å². The summed E-state index contributed by atoms with van der Waals surface area (Å²) in [6, 6.07) is 0. The van der Waals surface area contributed by atoms with E-state index in [2.05, 4.69) is 14.3 Å². The van der Waals surface area contributed by atoms with Gasteiger partial charge in [0.15, 0.2) is 0 Å². The highest BCUT2D eigenvalue weighted by Crippen LogP contribution is 2.20. The maximum atomic E-state index is 12.1. The van der Waals surface area contributed by atoms with Crippen molar-refractivity contribution in [2.75, 3.05) is 44.8 Å². The summed E-state index contributed by atoms with van der Waals surface area (Å²) in [7, 11) is 1.68. The predicted molar refractivity (Wildman–Crippen MR) is 83.7 cm³/mol. The molecule has 21 heavy (non-hydrogen) atoms. The van der Waals surface area contributed by atoms with E-state index in [1.807, 2.05) is 18.7 Å². The fourth-order valence-electron chi connectivity index (χ4n) is 2.36. The van der Waals surface area contributed by atoms with Crippen LogP contribution in [0.15, 0.2) is 0 Å². The highest BCUT2D eigenvalue weighted by atomic mass is 32.1. The van der Waals surface area contributed by atoms with E-state index in [1.165, 1.54) is 11.5 Å². The molecule has 0 saturated carbocycles. The van der Waals surface area contributed by atoms with Crippen LogP contribution in [0.2, 0.25) is 0 Å². The van der Waals surface area contributed by atoms with Gasteiger partial charge in [0.25, 0.3) is 0 Å². The van der Waals surface area contributed by atoms with E-state index >= 15 is 0 Å². The molecule has 2 rings (SSSR count). The molecule has 1 aromatic rings. The third-order valence-corrected chi connectivity index (χ3v) is 4.37. The first-order valence-corrected chi connectivity index (χ1v) is 8.24. The third-order valence-electron chi connectivity index (χ3n) is 3.56. The van der Waals surface area contributed by atoms with Crippen molar-refractivity contribution >= 4 is 22.6 Å². The molecule has 1 aliphatic heterocycles. The average molecular weight is 312 g/mol. The third kappa shape index (κ3) is 4.38. The van der Waals surface area contributed by atoms with Gasteiger partial charge in [-0.15, -0.1) is 0 Å². The summed E-state index contributed by atoms with van der Waals surface area (Å²) in [5.41, 5.74) is 0. The summed E-state index contributed by atoms with van der Waals surface area (Å²) in [6.45, 7) is 7.92. The molecular formula is C14H24N4O2S. The lowest BCUT2D eigenvalue weighted by Crippen LogP contribution is -2.37. The van der Waals surface area contributed by atoms with Crippen LogP contribution in [0.3, 0.4) is 0 Å². The van der Waals surface area contributed by atoms with E-state index in [4.69, 9.17) is 4.74 Å². The van der Waals surface area contributed by atoms with Crippen LogP contribution in [0.4, 0.5) is 5.13 Å². The van der Waals surface area contributed by atoms with Gasteiger partial charge in [-0.05, 0) is 6.42 Å². The van der Waals surface area contributed by atoms with Gasteiger partial charge < -0.3 is 14.5 Å². The molecule has 1 saturated heterocycles. The summed E-state index contributed by atoms with van der Waals surface area (Å²) < 4.78 is 9.42. The Morgan fingerprint density at radius 2 is 2.14 bits per heavy atom. The van der Waals surface area contributed by atoms with E-state index in [-0.39, 0.29) is 11.8 Å². The van der Waals surface area contributed by atoms with Gasteiger partial charge in [-0.2, -0.15) is 4.37 Å². The number of carbonyl (C=O) groups excluding carboxylic acids is 1. The summed E-state index contributed by atoms with van der Waals surface area (Å²) >= 11 is 1.44. The number of aromatic nitrogens is 2. The first kappa shape index (κ1) is 16.2.